The molecule has 0 radical (unpaired) electrons. The molecule has 98 heavy (non-hydrogen) atoms. The van der Waals surface area contributed by atoms with E-state index in [1.165, 1.54) is 199 Å². The molecule has 0 spiro atoms. The third kappa shape index (κ3) is 71.1. The minimum absolute atomic E-state index is 0.106. The number of hydrogen-bond donors (Lipinski definition) is 3. The molecule has 0 bridgehead atoms. The fourth-order valence-corrected chi connectivity index (χ4v) is 13.6. The largest absolute Gasteiger partial charge is 0.472 e. The first kappa shape index (κ1) is 96.1. The van der Waals surface area contributed by atoms with Crippen molar-refractivity contribution in [3.8, 4) is 0 Å². The lowest BCUT2D eigenvalue weighted by Crippen LogP contribution is -2.30. The number of carbonyl (C=O) groups is 4. The van der Waals surface area contributed by atoms with Gasteiger partial charge < -0.3 is 33.8 Å². The highest BCUT2D eigenvalue weighted by Gasteiger charge is 2.30. The third-order valence-electron chi connectivity index (χ3n) is 18.7. The van der Waals surface area contributed by atoms with Crippen LogP contribution in [0.1, 0.15) is 402 Å². The molecule has 582 valence electrons. The maximum absolute atomic E-state index is 13.1. The van der Waals surface area contributed by atoms with E-state index in [-0.39, 0.29) is 25.7 Å². The van der Waals surface area contributed by atoms with Gasteiger partial charge in [-0.25, -0.2) is 9.13 Å². The van der Waals surface area contributed by atoms with Crippen LogP contribution in [0.4, 0.5) is 0 Å². The smallest absolute Gasteiger partial charge is 0.462 e. The summed E-state index contributed by atoms with van der Waals surface area (Å²) in [5.41, 5.74) is 0. The Morgan fingerprint density at radius 3 is 0.724 bits per heavy atom. The zero-order valence-electron chi connectivity index (χ0n) is 64.4. The lowest BCUT2D eigenvalue weighted by molar-refractivity contribution is -0.161. The number of phosphoric ester groups is 2. The Kier molecular flexibility index (Phi) is 66.8. The van der Waals surface area contributed by atoms with Gasteiger partial charge in [0.15, 0.2) is 12.2 Å². The molecule has 0 saturated heterocycles. The van der Waals surface area contributed by atoms with Crippen LogP contribution >= 0.6 is 15.6 Å². The van der Waals surface area contributed by atoms with E-state index < -0.39 is 97.5 Å². The molecule has 0 aliphatic heterocycles. The van der Waals surface area contributed by atoms with Gasteiger partial charge in [-0.2, -0.15) is 0 Å². The first-order chi connectivity index (χ1) is 47.1. The van der Waals surface area contributed by atoms with E-state index >= 15 is 0 Å². The molecule has 19 heteroatoms. The lowest BCUT2D eigenvalue weighted by Gasteiger charge is -2.21. The van der Waals surface area contributed by atoms with Gasteiger partial charge in [0.25, 0.3) is 0 Å². The number of unbranched alkanes of at least 4 members (excludes halogenated alkanes) is 41. The number of phosphoric acid groups is 2. The molecule has 6 atom stereocenters. The Labute approximate surface area is 600 Å². The van der Waals surface area contributed by atoms with Crippen LogP contribution in [0.15, 0.2) is 0 Å². The quantitative estimate of drug-likeness (QED) is 0.0222. The predicted octanol–water partition coefficient (Wildman–Crippen LogP) is 23.2. The number of aliphatic hydroxyl groups is 1. The minimum Gasteiger partial charge on any atom is -0.462 e. The number of ether oxygens (including phenoxy) is 4. The highest BCUT2D eigenvalue weighted by Crippen LogP contribution is 2.45. The predicted molar refractivity (Wildman–Crippen MR) is 400 cm³/mol. The Morgan fingerprint density at radius 2 is 0.490 bits per heavy atom. The molecule has 17 nitrogen and oxygen atoms in total. The minimum atomic E-state index is -4.96. The molecule has 3 N–H and O–H groups in total. The molecule has 0 aromatic carbocycles. The molecular formula is C79H154O17P2. The van der Waals surface area contributed by atoms with Crippen molar-refractivity contribution in [3.05, 3.63) is 0 Å². The number of carbonyl (C=O) groups excluding carboxylic acids is 4. The van der Waals surface area contributed by atoms with Crippen LogP contribution in [-0.2, 0) is 65.4 Å². The van der Waals surface area contributed by atoms with Crippen molar-refractivity contribution in [2.75, 3.05) is 39.6 Å². The fraction of sp³-hybridized carbons (Fsp3) is 0.949. The van der Waals surface area contributed by atoms with Gasteiger partial charge >= 0.3 is 39.5 Å². The molecule has 0 aliphatic carbocycles. The number of hydrogen-bond acceptors (Lipinski definition) is 15. The summed E-state index contributed by atoms with van der Waals surface area (Å²) in [5.74, 6) is 0.970. The van der Waals surface area contributed by atoms with Gasteiger partial charge in [0.1, 0.15) is 19.3 Å². The Hall–Kier alpha value is -1.94. The monoisotopic (exact) mass is 1440 g/mol. The fourth-order valence-electron chi connectivity index (χ4n) is 12.0. The van der Waals surface area contributed by atoms with Gasteiger partial charge in [0.05, 0.1) is 26.4 Å². The van der Waals surface area contributed by atoms with Crippen LogP contribution < -0.4 is 0 Å². The summed E-state index contributed by atoms with van der Waals surface area (Å²) < 4.78 is 68.6. The highest BCUT2D eigenvalue weighted by molar-refractivity contribution is 7.47. The third-order valence-corrected chi connectivity index (χ3v) is 20.6. The summed E-state index contributed by atoms with van der Waals surface area (Å²) in [5, 5.41) is 10.6. The molecule has 0 rings (SSSR count). The van der Waals surface area contributed by atoms with E-state index in [1.54, 1.807) is 0 Å². The van der Waals surface area contributed by atoms with Crippen molar-refractivity contribution in [1.29, 1.82) is 0 Å². The molecule has 0 aromatic heterocycles. The van der Waals surface area contributed by atoms with Crippen LogP contribution in [0, 0.1) is 23.7 Å². The van der Waals surface area contributed by atoms with Crippen molar-refractivity contribution >= 4 is 39.5 Å². The molecule has 0 fully saturated rings. The summed E-state index contributed by atoms with van der Waals surface area (Å²) in [7, 11) is -9.92. The van der Waals surface area contributed by atoms with E-state index in [4.69, 9.17) is 37.0 Å². The van der Waals surface area contributed by atoms with Crippen LogP contribution in [-0.4, -0.2) is 96.7 Å². The SMILES string of the molecule is CCC(C)CCCCCCCCC(=O)OC[C@H](COP(=O)(O)OC[C@H](O)COP(=O)(O)OC[C@@H](COC(=O)CCCCCCCCCCCCC(C)C)OC(=O)CCCCCCCCCCCCCCCCC(C)C)OC(=O)CCCCCCCCCCCCCCCCCC(C)C. The maximum Gasteiger partial charge on any atom is 0.472 e. The number of rotatable bonds is 76. The van der Waals surface area contributed by atoms with E-state index in [2.05, 4.69) is 55.4 Å². The lowest BCUT2D eigenvalue weighted by atomic mass is 10.00. The second-order valence-corrected chi connectivity index (χ2v) is 33.0. The van der Waals surface area contributed by atoms with Crippen LogP contribution in [0.5, 0.6) is 0 Å². The van der Waals surface area contributed by atoms with Gasteiger partial charge in [0, 0.05) is 25.7 Å². The second-order valence-electron chi connectivity index (χ2n) is 30.1. The van der Waals surface area contributed by atoms with Crippen molar-refractivity contribution < 1.29 is 80.2 Å². The summed E-state index contributed by atoms with van der Waals surface area (Å²) >= 11 is 0. The van der Waals surface area contributed by atoms with E-state index in [0.29, 0.717) is 25.7 Å². The first-order valence-electron chi connectivity index (χ1n) is 40.7. The number of esters is 4. The van der Waals surface area contributed by atoms with Gasteiger partial charge in [-0.05, 0) is 49.4 Å². The van der Waals surface area contributed by atoms with Crippen molar-refractivity contribution in [3.63, 3.8) is 0 Å². The Bertz CT molecular complexity index is 1920. The van der Waals surface area contributed by atoms with E-state index in [1.807, 2.05) is 0 Å². The van der Waals surface area contributed by atoms with Crippen LogP contribution in [0.3, 0.4) is 0 Å². The summed E-state index contributed by atoms with van der Waals surface area (Å²) in [4.78, 5) is 72.9. The van der Waals surface area contributed by atoms with Crippen molar-refractivity contribution in [1.82, 2.24) is 0 Å². The summed E-state index contributed by atoms with van der Waals surface area (Å²) in [6, 6.07) is 0. The second kappa shape index (κ2) is 68.2. The van der Waals surface area contributed by atoms with Gasteiger partial charge in [-0.15, -0.1) is 0 Å². The van der Waals surface area contributed by atoms with Gasteiger partial charge in [0.2, 0.25) is 0 Å². The summed E-state index contributed by atoms with van der Waals surface area (Å²) in [6.07, 6.45) is 54.1. The average molecular weight is 1440 g/mol. The van der Waals surface area contributed by atoms with E-state index in [9.17, 15) is 43.2 Å². The molecule has 3 unspecified atom stereocenters. The zero-order valence-corrected chi connectivity index (χ0v) is 66.2. The molecule has 0 amide bonds. The van der Waals surface area contributed by atoms with Crippen molar-refractivity contribution in [2.24, 2.45) is 23.7 Å². The van der Waals surface area contributed by atoms with Crippen molar-refractivity contribution in [2.45, 2.75) is 420 Å². The molecule has 0 heterocycles. The highest BCUT2D eigenvalue weighted by atomic mass is 31.2. The Morgan fingerprint density at radius 1 is 0.286 bits per heavy atom. The summed E-state index contributed by atoms with van der Waals surface area (Å²) in [6.45, 7) is 14.2. The van der Waals surface area contributed by atoms with E-state index in [0.717, 1.165) is 120 Å². The maximum atomic E-state index is 13.1. The molecular weight excluding hydrogens is 1280 g/mol. The van der Waals surface area contributed by atoms with Crippen LogP contribution in [0.25, 0.3) is 0 Å². The normalized spacial score (nSPS) is 14.3. The Balaban J connectivity index is 5.24. The zero-order chi connectivity index (χ0) is 72.4. The van der Waals surface area contributed by atoms with Gasteiger partial charge in [-0.1, -0.05) is 351 Å². The van der Waals surface area contributed by atoms with Crippen LogP contribution in [0.2, 0.25) is 0 Å². The molecule has 0 saturated carbocycles. The topological polar surface area (TPSA) is 237 Å². The molecule has 0 aromatic rings. The first-order valence-corrected chi connectivity index (χ1v) is 43.7. The average Bonchev–Trinajstić information content (AvgIpc) is 1.26. The molecule has 0 aliphatic rings. The number of aliphatic hydroxyl groups excluding tert-OH is 1. The van der Waals surface area contributed by atoms with Gasteiger partial charge in [-0.3, -0.25) is 37.3 Å². The standard InChI is InChI=1S/C79H154O17P2/c1-9-72(8)58-50-42-37-38-44-52-60-77(82)90-66-75(96-79(84)62-53-45-35-29-21-17-12-10-11-15-19-25-31-39-47-55-69(2)3)68-94-98(87,88)92-64-73(80)63-91-97(85,86)93-67-74(65-89-76(81)59-51-43-34-28-24-23-27-33-41-49-57-71(6)7)95-78(83)61-54-46-36-30-22-18-14-13-16-20-26-32-40-48-56-70(4)5/h69-75,80H,9-68H2,1-8H3,(H,85,86)(H,87,88)/t72?,73-,74-,75-/m1/s1.